The molecule has 0 aliphatic carbocycles. The fraction of sp³-hybridized carbons (Fsp3) is 0.273. The average molecular weight is 379 g/mol. The third-order valence-electron chi connectivity index (χ3n) is 4.41. The summed E-state index contributed by atoms with van der Waals surface area (Å²) >= 11 is 0. The number of ether oxygens (including phenoxy) is 1. The molecule has 1 heterocycles. The predicted molar refractivity (Wildman–Crippen MR) is 110 cm³/mol. The second-order valence-electron chi connectivity index (χ2n) is 6.53. The number of amides is 2. The molecule has 0 saturated carbocycles. The van der Waals surface area contributed by atoms with Crippen LogP contribution >= 0.6 is 0 Å². The summed E-state index contributed by atoms with van der Waals surface area (Å²) in [6, 6.07) is 15.2. The molecule has 0 saturated heterocycles. The summed E-state index contributed by atoms with van der Waals surface area (Å²) in [6.45, 7) is 2.41. The number of benzene rings is 2. The second kappa shape index (κ2) is 9.60. The number of hydrogen-bond donors (Lipinski definition) is 3. The van der Waals surface area contributed by atoms with Crippen LogP contribution in [-0.2, 0) is 16.0 Å². The van der Waals surface area contributed by atoms with Gasteiger partial charge in [-0.25, -0.2) is 0 Å². The van der Waals surface area contributed by atoms with Crippen LogP contribution in [0.2, 0.25) is 0 Å². The maximum atomic E-state index is 12.2. The van der Waals surface area contributed by atoms with Crippen LogP contribution in [0.15, 0.2) is 54.7 Å². The average Bonchev–Trinajstić information content (AvgIpc) is 3.11. The van der Waals surface area contributed by atoms with E-state index in [1.54, 1.807) is 24.3 Å². The van der Waals surface area contributed by atoms with Crippen molar-refractivity contribution in [2.45, 2.75) is 26.2 Å². The number of aromatic nitrogens is 1. The number of nitrogens with one attached hydrogen (secondary N) is 3. The van der Waals surface area contributed by atoms with E-state index in [2.05, 4.69) is 27.8 Å². The Bertz CT molecular complexity index is 932. The third-order valence-corrected chi connectivity index (χ3v) is 4.41. The molecule has 6 nitrogen and oxygen atoms in total. The molecule has 0 radical (unpaired) electrons. The van der Waals surface area contributed by atoms with Gasteiger partial charge in [-0.05, 0) is 55.7 Å². The van der Waals surface area contributed by atoms with Crippen molar-refractivity contribution in [2.24, 2.45) is 0 Å². The molecule has 0 bridgehead atoms. The molecule has 146 valence electrons. The van der Waals surface area contributed by atoms with Crippen molar-refractivity contribution in [1.29, 1.82) is 0 Å². The van der Waals surface area contributed by atoms with Gasteiger partial charge in [-0.3, -0.25) is 9.59 Å². The summed E-state index contributed by atoms with van der Waals surface area (Å²) in [7, 11) is 0. The van der Waals surface area contributed by atoms with E-state index in [9.17, 15) is 9.59 Å². The third kappa shape index (κ3) is 5.36. The maximum Gasteiger partial charge on any atom is 0.257 e. The highest BCUT2D eigenvalue weighted by Crippen LogP contribution is 2.20. The number of likely N-dealkylation sites (N-methyl/N-ethyl adjacent to an activating group) is 1. The number of H-pyrrole nitrogens is 1. The van der Waals surface area contributed by atoms with Crippen molar-refractivity contribution in [3.8, 4) is 5.75 Å². The molecule has 0 fully saturated rings. The van der Waals surface area contributed by atoms with Gasteiger partial charge in [-0.15, -0.1) is 0 Å². The van der Waals surface area contributed by atoms with Crippen molar-refractivity contribution in [3.05, 3.63) is 60.3 Å². The van der Waals surface area contributed by atoms with E-state index < -0.39 is 0 Å². The van der Waals surface area contributed by atoms with E-state index in [0.717, 1.165) is 18.4 Å². The molecule has 0 spiro atoms. The number of fused-ring (bicyclic) bond motifs is 1. The number of aryl methyl sites for hydroxylation is 1. The predicted octanol–water partition coefficient (Wildman–Crippen LogP) is 3.64. The lowest BCUT2D eigenvalue weighted by atomic mass is 10.1. The van der Waals surface area contributed by atoms with Crippen LogP contribution in [0.25, 0.3) is 10.9 Å². The van der Waals surface area contributed by atoms with Gasteiger partial charge in [0, 0.05) is 35.8 Å². The number of carbonyl (C=O) groups excluding carboxylic acids is 2. The minimum Gasteiger partial charge on any atom is -0.484 e. The van der Waals surface area contributed by atoms with E-state index in [1.807, 2.05) is 25.3 Å². The summed E-state index contributed by atoms with van der Waals surface area (Å²) in [5.41, 5.74) is 3.07. The first-order valence-corrected chi connectivity index (χ1v) is 9.50. The van der Waals surface area contributed by atoms with Crippen LogP contribution < -0.4 is 15.4 Å². The molecular weight excluding hydrogens is 354 g/mol. The van der Waals surface area contributed by atoms with Gasteiger partial charge in [-0.1, -0.05) is 18.2 Å². The Morgan fingerprint density at radius 2 is 1.82 bits per heavy atom. The topological polar surface area (TPSA) is 83.2 Å². The zero-order chi connectivity index (χ0) is 19.8. The summed E-state index contributed by atoms with van der Waals surface area (Å²) in [4.78, 5) is 26.8. The molecular formula is C22H25N3O3. The van der Waals surface area contributed by atoms with Crippen molar-refractivity contribution in [3.63, 3.8) is 0 Å². The fourth-order valence-electron chi connectivity index (χ4n) is 3.03. The molecule has 28 heavy (non-hydrogen) atoms. The summed E-state index contributed by atoms with van der Waals surface area (Å²) in [5.74, 6) is 0.412. The standard InChI is InChI=1S/C22H25N3O3/c1-2-23-22(27)15-28-18-12-10-17(11-13-18)25-21(26)9-5-6-16-14-24-20-8-4-3-7-19(16)20/h3-4,7-8,10-14,24H,2,5-6,9,15H2,1H3,(H,23,27)(H,25,26). The first-order valence-electron chi connectivity index (χ1n) is 9.50. The number of hydrogen-bond acceptors (Lipinski definition) is 3. The van der Waals surface area contributed by atoms with Crippen LogP contribution in [0.4, 0.5) is 5.69 Å². The van der Waals surface area contributed by atoms with Gasteiger partial charge in [0.1, 0.15) is 5.75 Å². The molecule has 0 unspecified atom stereocenters. The first kappa shape index (κ1) is 19.5. The molecule has 3 aromatic rings. The minimum absolute atomic E-state index is 0.0177. The molecule has 0 atom stereocenters. The summed E-state index contributed by atoms with van der Waals surface area (Å²) in [5, 5.41) is 6.77. The second-order valence-corrected chi connectivity index (χ2v) is 6.53. The maximum absolute atomic E-state index is 12.2. The summed E-state index contributed by atoms with van der Waals surface area (Å²) < 4.78 is 5.39. The van der Waals surface area contributed by atoms with Crippen LogP contribution in [0, 0.1) is 0 Å². The highest BCUT2D eigenvalue weighted by molar-refractivity contribution is 5.90. The quantitative estimate of drug-likeness (QED) is 0.531. The van der Waals surface area contributed by atoms with Gasteiger partial charge in [0.15, 0.2) is 6.61 Å². The monoisotopic (exact) mass is 379 g/mol. The largest absolute Gasteiger partial charge is 0.484 e. The lowest BCUT2D eigenvalue weighted by Crippen LogP contribution is -2.28. The molecule has 1 aromatic heterocycles. The zero-order valence-corrected chi connectivity index (χ0v) is 16.0. The van der Waals surface area contributed by atoms with Crippen LogP contribution in [0.5, 0.6) is 5.75 Å². The van der Waals surface area contributed by atoms with Gasteiger partial charge in [0.05, 0.1) is 0 Å². The normalized spacial score (nSPS) is 10.6. The van der Waals surface area contributed by atoms with Crippen LogP contribution in [-0.4, -0.2) is 29.9 Å². The van der Waals surface area contributed by atoms with Crippen molar-refractivity contribution in [1.82, 2.24) is 10.3 Å². The Morgan fingerprint density at radius 3 is 2.61 bits per heavy atom. The molecule has 0 aliphatic rings. The van der Waals surface area contributed by atoms with E-state index in [1.165, 1.54) is 10.9 Å². The fourth-order valence-corrected chi connectivity index (χ4v) is 3.03. The molecule has 3 N–H and O–H groups in total. The van der Waals surface area contributed by atoms with E-state index >= 15 is 0 Å². The van der Waals surface area contributed by atoms with Gasteiger partial charge in [-0.2, -0.15) is 0 Å². The van der Waals surface area contributed by atoms with Crippen LogP contribution in [0.1, 0.15) is 25.3 Å². The SMILES string of the molecule is CCNC(=O)COc1ccc(NC(=O)CCCc2c[nH]c3ccccc23)cc1. The Balaban J connectivity index is 1.42. The van der Waals surface area contributed by atoms with E-state index in [-0.39, 0.29) is 18.4 Å². The van der Waals surface area contributed by atoms with Gasteiger partial charge in [0.25, 0.3) is 5.91 Å². The van der Waals surface area contributed by atoms with Crippen molar-refractivity contribution < 1.29 is 14.3 Å². The number of rotatable bonds is 9. The zero-order valence-electron chi connectivity index (χ0n) is 16.0. The van der Waals surface area contributed by atoms with Crippen LogP contribution in [0.3, 0.4) is 0 Å². The number of para-hydroxylation sites is 1. The van der Waals surface area contributed by atoms with Crippen molar-refractivity contribution >= 4 is 28.4 Å². The van der Waals surface area contributed by atoms with Crippen molar-refractivity contribution in [2.75, 3.05) is 18.5 Å². The Hall–Kier alpha value is -3.28. The lowest BCUT2D eigenvalue weighted by molar-refractivity contribution is -0.123. The Morgan fingerprint density at radius 1 is 1.04 bits per heavy atom. The first-order chi connectivity index (χ1) is 13.7. The van der Waals surface area contributed by atoms with Gasteiger partial charge >= 0.3 is 0 Å². The Kier molecular flexibility index (Phi) is 6.68. The number of anilines is 1. The lowest BCUT2D eigenvalue weighted by Gasteiger charge is -2.08. The number of carbonyl (C=O) groups is 2. The molecule has 0 aliphatic heterocycles. The minimum atomic E-state index is -0.157. The highest BCUT2D eigenvalue weighted by Gasteiger charge is 2.07. The highest BCUT2D eigenvalue weighted by atomic mass is 16.5. The molecule has 2 aromatic carbocycles. The molecule has 3 rings (SSSR count). The smallest absolute Gasteiger partial charge is 0.257 e. The Labute approximate surface area is 164 Å². The van der Waals surface area contributed by atoms with Gasteiger partial charge in [0.2, 0.25) is 5.91 Å². The summed E-state index contributed by atoms with van der Waals surface area (Å²) in [6.07, 6.45) is 4.10. The van der Waals surface area contributed by atoms with Gasteiger partial charge < -0.3 is 20.4 Å². The van der Waals surface area contributed by atoms with E-state index in [0.29, 0.717) is 24.4 Å². The molecule has 6 heteroatoms. The van der Waals surface area contributed by atoms with E-state index in [4.69, 9.17) is 4.74 Å². The molecule has 2 amide bonds. The number of aromatic amines is 1.